The summed E-state index contributed by atoms with van der Waals surface area (Å²) in [6, 6.07) is 10.4. The first kappa shape index (κ1) is 35.5. The molecule has 0 radical (unpaired) electrons. The van der Waals surface area contributed by atoms with E-state index >= 15 is 0 Å². The van der Waals surface area contributed by atoms with Crippen molar-refractivity contribution in [2.75, 3.05) is 58.7 Å². The van der Waals surface area contributed by atoms with Crippen molar-refractivity contribution in [3.63, 3.8) is 0 Å². The predicted molar refractivity (Wildman–Crippen MR) is 186 cm³/mol. The Labute approximate surface area is 289 Å². The number of nitriles is 1. The fraction of sp³-hybridized carbons (Fsp3) is 0.545. The van der Waals surface area contributed by atoms with Crippen LogP contribution < -0.4 is 5.32 Å². The number of anilines is 1. The van der Waals surface area contributed by atoms with Gasteiger partial charge in [-0.15, -0.1) is 11.3 Å². The Morgan fingerprint density at radius 2 is 1.80 bits per heavy atom. The first-order valence-corrected chi connectivity index (χ1v) is 18.7. The number of alkyl halides is 3. The van der Waals surface area contributed by atoms with Crippen molar-refractivity contribution in [1.82, 2.24) is 32.9 Å². The SMILES string of the molecule is Cc1c(CN2CCC(Nc3ncnc4sc(CC(F)(F)F)cc34)CC2)ccc2c1cc(C#N)n2CC(C)N1CCN(S(=O)(=O)N(C)C)CC1. The third-order valence-corrected chi connectivity index (χ3v) is 12.8. The average Bonchev–Trinajstić information content (AvgIpc) is 3.63. The van der Waals surface area contributed by atoms with E-state index in [1.165, 1.54) is 20.5 Å². The molecule has 1 aromatic carbocycles. The standard InChI is InChI=1S/C33H42F3N9O2S2/c1-22(43-11-13-44(14-12-43)49(46,47)41(3)4)19-45-26(18-37)15-28-23(2)24(5-6-30(28)45)20-42-9-7-25(8-10-42)40-31-29-16-27(17-33(34,35)36)48-32(29)39-21-38-31/h5-6,15-16,21-22,25H,7-14,17,19-20H2,1-4H3,(H,38,39,40). The van der Waals surface area contributed by atoms with E-state index in [0.717, 1.165) is 60.3 Å². The van der Waals surface area contributed by atoms with Gasteiger partial charge in [-0.2, -0.15) is 35.5 Å². The number of hydrogen-bond donors (Lipinski definition) is 1. The van der Waals surface area contributed by atoms with E-state index < -0.39 is 22.8 Å². The van der Waals surface area contributed by atoms with E-state index in [9.17, 15) is 26.9 Å². The third-order valence-electron chi connectivity index (χ3n) is 9.79. The Hall–Kier alpha value is -3.33. The quantitative estimate of drug-likeness (QED) is 0.249. The number of aryl methyl sites for hydroxylation is 1. The maximum atomic E-state index is 13.0. The first-order valence-electron chi connectivity index (χ1n) is 16.5. The molecular formula is C33H42F3N9O2S2. The van der Waals surface area contributed by atoms with E-state index in [4.69, 9.17) is 0 Å². The van der Waals surface area contributed by atoms with Gasteiger partial charge in [-0.3, -0.25) is 9.80 Å². The number of hydrogen-bond acceptors (Lipinski definition) is 9. The van der Waals surface area contributed by atoms with Crippen LogP contribution in [0.5, 0.6) is 0 Å². The van der Waals surface area contributed by atoms with Crippen LogP contribution in [0.25, 0.3) is 21.1 Å². The van der Waals surface area contributed by atoms with Gasteiger partial charge in [0.2, 0.25) is 0 Å². The van der Waals surface area contributed by atoms with Gasteiger partial charge in [0.05, 0.1) is 11.8 Å². The second-order valence-electron chi connectivity index (χ2n) is 13.2. The van der Waals surface area contributed by atoms with Gasteiger partial charge in [-0.05, 0) is 56.0 Å². The van der Waals surface area contributed by atoms with Crippen molar-refractivity contribution in [2.24, 2.45) is 0 Å². The van der Waals surface area contributed by atoms with Crippen LogP contribution in [-0.2, 0) is 29.7 Å². The molecule has 2 fully saturated rings. The summed E-state index contributed by atoms with van der Waals surface area (Å²) in [6.45, 7) is 9.49. The van der Waals surface area contributed by atoms with Crippen LogP contribution >= 0.6 is 11.3 Å². The Balaban J connectivity index is 1.08. The highest BCUT2D eigenvalue weighted by Crippen LogP contribution is 2.34. The van der Waals surface area contributed by atoms with Gasteiger partial charge in [0.15, 0.2) is 0 Å². The Morgan fingerprint density at radius 3 is 2.45 bits per heavy atom. The number of fused-ring (bicyclic) bond motifs is 2. The molecule has 11 nitrogen and oxygen atoms in total. The van der Waals surface area contributed by atoms with Crippen LogP contribution in [0, 0.1) is 18.3 Å². The topological polar surface area (TPSA) is 114 Å². The highest BCUT2D eigenvalue weighted by atomic mass is 32.2. The number of aromatic nitrogens is 3. The minimum absolute atomic E-state index is 0.113. The molecule has 2 saturated heterocycles. The molecular weight excluding hydrogens is 676 g/mol. The monoisotopic (exact) mass is 717 g/mol. The fourth-order valence-electron chi connectivity index (χ4n) is 6.94. The lowest BCUT2D eigenvalue weighted by Gasteiger charge is -2.38. The van der Waals surface area contributed by atoms with Crippen LogP contribution in [0.4, 0.5) is 19.0 Å². The molecule has 6 rings (SSSR count). The molecule has 49 heavy (non-hydrogen) atoms. The van der Waals surface area contributed by atoms with Gasteiger partial charge in [-0.25, -0.2) is 9.97 Å². The lowest BCUT2D eigenvalue weighted by atomic mass is 10.0. The van der Waals surface area contributed by atoms with Crippen LogP contribution in [0.15, 0.2) is 30.6 Å². The molecule has 2 aliphatic heterocycles. The van der Waals surface area contributed by atoms with E-state index in [0.29, 0.717) is 54.5 Å². The van der Waals surface area contributed by atoms with Gasteiger partial charge >= 0.3 is 6.18 Å². The zero-order valence-electron chi connectivity index (χ0n) is 28.2. The molecule has 4 aromatic rings. The van der Waals surface area contributed by atoms with Gasteiger partial charge in [0, 0.05) is 94.3 Å². The van der Waals surface area contributed by atoms with E-state index in [1.54, 1.807) is 20.2 Å². The Kier molecular flexibility index (Phi) is 10.2. The zero-order chi connectivity index (χ0) is 35.1. The van der Waals surface area contributed by atoms with Gasteiger partial charge in [0.25, 0.3) is 10.2 Å². The summed E-state index contributed by atoms with van der Waals surface area (Å²) in [5, 5.41) is 15.2. The summed E-state index contributed by atoms with van der Waals surface area (Å²) in [7, 11) is -0.334. The van der Waals surface area contributed by atoms with Crippen LogP contribution in [0.2, 0.25) is 0 Å². The van der Waals surface area contributed by atoms with Crippen LogP contribution in [0.3, 0.4) is 0 Å². The summed E-state index contributed by atoms with van der Waals surface area (Å²) in [5.74, 6) is 0.584. The molecule has 0 aliphatic carbocycles. The molecule has 1 atom stereocenters. The van der Waals surface area contributed by atoms with Crippen LogP contribution in [-0.4, -0.2) is 113 Å². The molecule has 2 aliphatic rings. The van der Waals surface area contributed by atoms with Crippen molar-refractivity contribution >= 4 is 48.5 Å². The van der Waals surface area contributed by atoms with Gasteiger partial charge in [0.1, 0.15) is 28.7 Å². The lowest BCUT2D eigenvalue weighted by Crippen LogP contribution is -2.54. The molecule has 0 spiro atoms. The Morgan fingerprint density at radius 1 is 1.08 bits per heavy atom. The largest absolute Gasteiger partial charge is 0.393 e. The smallest absolute Gasteiger partial charge is 0.367 e. The number of piperidine rings is 1. The van der Waals surface area contributed by atoms with Crippen molar-refractivity contribution in [2.45, 2.75) is 64.5 Å². The van der Waals surface area contributed by atoms with Crippen molar-refractivity contribution in [3.8, 4) is 6.07 Å². The first-order chi connectivity index (χ1) is 23.2. The highest BCUT2D eigenvalue weighted by Gasteiger charge is 2.31. The van der Waals surface area contributed by atoms with E-state index in [-0.39, 0.29) is 17.0 Å². The predicted octanol–water partition coefficient (Wildman–Crippen LogP) is 4.82. The summed E-state index contributed by atoms with van der Waals surface area (Å²) < 4.78 is 68.8. The minimum atomic E-state index is -4.27. The van der Waals surface area contributed by atoms with Crippen molar-refractivity contribution in [1.29, 1.82) is 5.26 Å². The third kappa shape index (κ3) is 7.72. The maximum absolute atomic E-state index is 13.0. The number of halogens is 3. The van der Waals surface area contributed by atoms with Crippen molar-refractivity contribution < 1.29 is 21.6 Å². The number of piperazine rings is 1. The number of likely N-dealkylation sites (tertiary alicyclic amines) is 1. The molecule has 1 N–H and O–H groups in total. The molecule has 0 bridgehead atoms. The van der Waals surface area contributed by atoms with Gasteiger partial charge < -0.3 is 9.88 Å². The number of nitrogens with zero attached hydrogens (tertiary/aromatic N) is 8. The van der Waals surface area contributed by atoms with E-state index in [2.05, 4.69) is 61.7 Å². The normalized spacial score (nSPS) is 18.4. The summed E-state index contributed by atoms with van der Waals surface area (Å²) >= 11 is 1.06. The summed E-state index contributed by atoms with van der Waals surface area (Å²) in [4.78, 5) is 14.0. The van der Waals surface area contributed by atoms with Gasteiger partial charge in [-0.1, -0.05) is 6.07 Å². The van der Waals surface area contributed by atoms with Crippen molar-refractivity contribution in [3.05, 3.63) is 52.3 Å². The molecule has 3 aromatic heterocycles. The summed E-state index contributed by atoms with van der Waals surface area (Å²) in [6.07, 6.45) is -2.09. The maximum Gasteiger partial charge on any atom is 0.393 e. The second-order valence-corrected chi connectivity index (χ2v) is 16.5. The van der Waals surface area contributed by atoms with Crippen LogP contribution in [0.1, 0.15) is 41.5 Å². The highest BCUT2D eigenvalue weighted by molar-refractivity contribution is 7.86. The number of benzene rings is 1. The average molecular weight is 718 g/mol. The zero-order valence-corrected chi connectivity index (χ0v) is 29.8. The molecule has 0 saturated carbocycles. The number of thiophene rings is 1. The molecule has 5 heterocycles. The molecule has 1 unspecified atom stereocenters. The Bertz CT molecular complexity index is 1950. The number of rotatable bonds is 10. The number of nitrogens with one attached hydrogen (secondary N) is 1. The fourth-order valence-corrected chi connectivity index (χ4v) is 9.06. The molecule has 264 valence electrons. The molecule has 0 amide bonds. The van der Waals surface area contributed by atoms with E-state index in [1.807, 2.05) is 6.07 Å². The molecule has 16 heteroatoms. The second kappa shape index (κ2) is 14.1. The minimum Gasteiger partial charge on any atom is -0.367 e. The summed E-state index contributed by atoms with van der Waals surface area (Å²) in [5.41, 5.74) is 3.99. The lowest BCUT2D eigenvalue weighted by molar-refractivity contribution is -0.126.